The Morgan fingerprint density at radius 1 is 1.17 bits per heavy atom. The lowest BCUT2D eigenvalue weighted by molar-refractivity contribution is -0.136. The number of benzene rings is 2. The van der Waals surface area contributed by atoms with Gasteiger partial charge in [-0.05, 0) is 42.8 Å². The molecule has 6 heteroatoms. The molecule has 24 heavy (non-hydrogen) atoms. The fourth-order valence-corrected chi connectivity index (χ4v) is 2.63. The van der Waals surface area contributed by atoms with E-state index in [4.69, 9.17) is 20.3 Å². The number of aryl methyl sites for hydroxylation is 1. The average Bonchev–Trinajstić information content (AvgIpc) is 2.92. The molecule has 0 atom stereocenters. The first-order valence-corrected chi connectivity index (χ1v) is 7.42. The Hall–Kier alpha value is -3.15. The van der Waals surface area contributed by atoms with E-state index in [0.29, 0.717) is 28.5 Å². The molecule has 0 saturated heterocycles. The van der Waals surface area contributed by atoms with Gasteiger partial charge in [0.25, 0.3) is 0 Å². The smallest absolute Gasteiger partial charge is 0.307 e. The molecule has 0 bridgehead atoms. The maximum atomic E-state index is 10.8. The summed E-state index contributed by atoms with van der Waals surface area (Å²) in [5.74, 6) is 0.553. The van der Waals surface area contributed by atoms with Crippen molar-refractivity contribution in [2.24, 2.45) is 0 Å². The summed E-state index contributed by atoms with van der Waals surface area (Å²) in [6.07, 6.45) is -0.0760. The predicted octanol–water partition coefficient (Wildman–Crippen LogP) is 3.49. The number of ether oxygens (including phenoxy) is 2. The lowest BCUT2D eigenvalue weighted by atomic mass is 10.1. The van der Waals surface area contributed by atoms with Gasteiger partial charge in [-0.25, -0.2) is 0 Å². The van der Waals surface area contributed by atoms with Crippen molar-refractivity contribution in [3.05, 3.63) is 47.7 Å². The second-order valence-electron chi connectivity index (χ2n) is 5.55. The molecule has 2 aromatic carbocycles. The highest BCUT2D eigenvalue weighted by Crippen LogP contribution is 2.38. The molecular weight excluding hydrogens is 308 g/mol. The molecule has 3 aromatic rings. The fourth-order valence-electron chi connectivity index (χ4n) is 2.63. The summed E-state index contributed by atoms with van der Waals surface area (Å²) in [5.41, 5.74) is 9.34. The van der Waals surface area contributed by atoms with E-state index >= 15 is 0 Å². The number of hydrogen-bond acceptors (Lipinski definition) is 4. The van der Waals surface area contributed by atoms with Gasteiger partial charge in [-0.1, -0.05) is 6.07 Å². The number of anilines is 1. The normalized spacial score (nSPS) is 10.8. The van der Waals surface area contributed by atoms with E-state index in [1.807, 2.05) is 19.1 Å². The second kappa shape index (κ2) is 6.16. The molecule has 0 spiro atoms. The first-order valence-electron chi connectivity index (χ1n) is 7.42. The summed E-state index contributed by atoms with van der Waals surface area (Å²) in [5, 5.41) is 9.78. The molecule has 0 radical (unpaired) electrons. The minimum atomic E-state index is -0.900. The first kappa shape index (κ1) is 15.7. The molecule has 6 nitrogen and oxygen atoms in total. The third-order valence-electron chi connectivity index (χ3n) is 3.74. The minimum Gasteiger partial charge on any atom is -0.493 e. The zero-order valence-electron chi connectivity index (χ0n) is 13.4. The Kier molecular flexibility index (Phi) is 4.04. The van der Waals surface area contributed by atoms with Crippen LogP contribution in [0.5, 0.6) is 17.2 Å². The van der Waals surface area contributed by atoms with Gasteiger partial charge in [-0.2, -0.15) is 0 Å². The van der Waals surface area contributed by atoms with Crippen molar-refractivity contribution in [2.45, 2.75) is 13.3 Å². The van der Waals surface area contributed by atoms with Crippen LogP contribution in [-0.2, 0) is 11.2 Å². The zero-order chi connectivity index (χ0) is 17.3. The van der Waals surface area contributed by atoms with E-state index in [-0.39, 0.29) is 6.42 Å². The summed E-state index contributed by atoms with van der Waals surface area (Å²) >= 11 is 0. The number of nitrogens with two attached hydrogens (primary N) is 1. The fraction of sp³-hybridized carbons (Fsp3) is 0.167. The summed E-state index contributed by atoms with van der Waals surface area (Å²) in [6.45, 7) is 1.96. The predicted molar refractivity (Wildman–Crippen MR) is 91.9 cm³/mol. The van der Waals surface area contributed by atoms with Gasteiger partial charge in [-0.15, -0.1) is 0 Å². The number of nitrogen functional groups attached to an aromatic ring is 1. The van der Waals surface area contributed by atoms with Crippen LogP contribution in [0.2, 0.25) is 0 Å². The number of fused-ring (bicyclic) bond motifs is 1. The molecule has 0 aliphatic heterocycles. The van der Waals surface area contributed by atoms with Crippen molar-refractivity contribution in [1.29, 1.82) is 0 Å². The number of aliphatic carboxylic acids is 1. The Morgan fingerprint density at radius 3 is 2.62 bits per heavy atom. The number of aromatic amines is 1. The van der Waals surface area contributed by atoms with Crippen molar-refractivity contribution in [2.75, 3.05) is 12.8 Å². The molecule has 0 saturated carbocycles. The number of rotatable bonds is 5. The van der Waals surface area contributed by atoms with Crippen LogP contribution < -0.4 is 15.2 Å². The van der Waals surface area contributed by atoms with E-state index < -0.39 is 5.97 Å². The van der Waals surface area contributed by atoms with E-state index in [1.54, 1.807) is 24.3 Å². The van der Waals surface area contributed by atoms with Crippen LogP contribution in [-0.4, -0.2) is 23.2 Å². The standard InChI is InChI=1S/C18H18N2O4/c1-10-7-12-13(20-10)4-6-15(18(12)19)24-14-5-3-11(9-17(21)22)8-16(14)23-2/h3-8,20H,9,19H2,1-2H3,(H,21,22). The summed E-state index contributed by atoms with van der Waals surface area (Å²) in [4.78, 5) is 14.0. The number of carboxylic acid groups (broad SMARTS) is 1. The number of carboxylic acids is 1. The highest BCUT2D eigenvalue weighted by Gasteiger charge is 2.13. The second-order valence-corrected chi connectivity index (χ2v) is 5.55. The lowest BCUT2D eigenvalue weighted by Crippen LogP contribution is -2.01. The highest BCUT2D eigenvalue weighted by molar-refractivity contribution is 5.94. The molecule has 0 aliphatic rings. The monoisotopic (exact) mass is 326 g/mol. The van der Waals surface area contributed by atoms with Crippen LogP contribution >= 0.6 is 0 Å². The molecule has 4 N–H and O–H groups in total. The Morgan fingerprint density at radius 2 is 1.92 bits per heavy atom. The average molecular weight is 326 g/mol. The summed E-state index contributed by atoms with van der Waals surface area (Å²) < 4.78 is 11.2. The maximum Gasteiger partial charge on any atom is 0.307 e. The van der Waals surface area contributed by atoms with Crippen LogP contribution in [0.1, 0.15) is 11.3 Å². The van der Waals surface area contributed by atoms with Gasteiger partial charge in [0.15, 0.2) is 17.2 Å². The topological polar surface area (TPSA) is 97.6 Å². The number of nitrogens with one attached hydrogen (secondary N) is 1. The SMILES string of the molecule is COc1cc(CC(=O)O)ccc1Oc1ccc2[nH]c(C)cc2c1N. The first-order chi connectivity index (χ1) is 11.5. The van der Waals surface area contributed by atoms with Gasteiger partial charge < -0.3 is 25.3 Å². The molecule has 0 unspecified atom stereocenters. The minimum absolute atomic E-state index is 0.0760. The van der Waals surface area contributed by atoms with Gasteiger partial charge in [0.1, 0.15) is 0 Å². The largest absolute Gasteiger partial charge is 0.493 e. The van der Waals surface area contributed by atoms with E-state index in [1.165, 1.54) is 7.11 Å². The van der Waals surface area contributed by atoms with Gasteiger partial charge in [0, 0.05) is 16.6 Å². The van der Waals surface area contributed by atoms with Crippen LogP contribution in [0.15, 0.2) is 36.4 Å². The number of aromatic nitrogens is 1. The highest BCUT2D eigenvalue weighted by atomic mass is 16.5. The van der Waals surface area contributed by atoms with Gasteiger partial charge in [0.2, 0.25) is 0 Å². The number of hydrogen-bond donors (Lipinski definition) is 3. The Balaban J connectivity index is 1.95. The van der Waals surface area contributed by atoms with Crippen molar-refractivity contribution < 1.29 is 19.4 Å². The van der Waals surface area contributed by atoms with E-state index in [0.717, 1.165) is 16.6 Å². The molecule has 1 aromatic heterocycles. The molecule has 0 amide bonds. The summed E-state index contributed by atoms with van der Waals surface area (Å²) in [7, 11) is 1.51. The Labute approximate surface area is 138 Å². The van der Waals surface area contributed by atoms with Gasteiger partial charge in [0.05, 0.1) is 19.2 Å². The number of methoxy groups -OCH3 is 1. The van der Waals surface area contributed by atoms with Crippen molar-refractivity contribution >= 4 is 22.6 Å². The Bertz CT molecular complexity index is 915. The quantitative estimate of drug-likeness (QED) is 0.624. The van der Waals surface area contributed by atoms with Gasteiger partial charge >= 0.3 is 5.97 Å². The molecule has 3 rings (SSSR count). The van der Waals surface area contributed by atoms with Crippen molar-refractivity contribution in [3.8, 4) is 17.2 Å². The molecular formula is C18H18N2O4. The van der Waals surface area contributed by atoms with Crippen molar-refractivity contribution in [3.63, 3.8) is 0 Å². The van der Waals surface area contributed by atoms with Crippen LogP contribution in [0.4, 0.5) is 5.69 Å². The van der Waals surface area contributed by atoms with Gasteiger partial charge in [-0.3, -0.25) is 4.79 Å². The number of H-pyrrole nitrogens is 1. The van der Waals surface area contributed by atoms with Crippen LogP contribution in [0.25, 0.3) is 10.9 Å². The molecule has 1 heterocycles. The lowest BCUT2D eigenvalue weighted by Gasteiger charge is -2.13. The summed E-state index contributed by atoms with van der Waals surface area (Å²) in [6, 6.07) is 10.7. The van der Waals surface area contributed by atoms with Crippen molar-refractivity contribution in [1.82, 2.24) is 4.98 Å². The van der Waals surface area contributed by atoms with Crippen LogP contribution in [0, 0.1) is 6.92 Å². The molecule has 0 aliphatic carbocycles. The zero-order valence-corrected chi connectivity index (χ0v) is 13.4. The van der Waals surface area contributed by atoms with E-state index in [9.17, 15) is 4.79 Å². The van der Waals surface area contributed by atoms with Crippen LogP contribution in [0.3, 0.4) is 0 Å². The molecule has 124 valence electrons. The maximum absolute atomic E-state index is 10.8. The number of carbonyl (C=O) groups is 1. The third-order valence-corrected chi connectivity index (χ3v) is 3.74. The third kappa shape index (κ3) is 2.99. The van der Waals surface area contributed by atoms with E-state index in [2.05, 4.69) is 4.98 Å². The molecule has 0 fully saturated rings.